The van der Waals surface area contributed by atoms with Crippen LogP contribution in [0.3, 0.4) is 0 Å². The molecule has 1 saturated carbocycles. The lowest BCUT2D eigenvalue weighted by atomic mass is 10.1. The number of carbonyl (C=O) groups is 1. The van der Waals surface area contributed by atoms with Crippen LogP contribution in [0.1, 0.15) is 19.3 Å². The zero-order valence-corrected chi connectivity index (χ0v) is 13.7. The fourth-order valence-electron chi connectivity index (χ4n) is 3.03. The van der Waals surface area contributed by atoms with Gasteiger partial charge in [-0.15, -0.1) is 10.2 Å². The Morgan fingerprint density at radius 2 is 2.00 bits per heavy atom. The number of hydrogen-bond donors (Lipinski definition) is 2. The van der Waals surface area contributed by atoms with Gasteiger partial charge in [-0.2, -0.15) is 0 Å². The van der Waals surface area contributed by atoms with Crippen LogP contribution in [-0.4, -0.2) is 45.9 Å². The summed E-state index contributed by atoms with van der Waals surface area (Å²) in [5.74, 6) is 0.575. The molecule has 2 N–H and O–H groups in total. The highest BCUT2D eigenvalue weighted by molar-refractivity contribution is 5.88. The lowest BCUT2D eigenvalue weighted by Gasteiger charge is -2.23. The van der Waals surface area contributed by atoms with Crippen LogP contribution in [0.25, 0.3) is 11.3 Å². The summed E-state index contributed by atoms with van der Waals surface area (Å²) < 4.78 is 0. The van der Waals surface area contributed by atoms with Gasteiger partial charge in [0.15, 0.2) is 5.82 Å². The zero-order valence-electron chi connectivity index (χ0n) is 13.7. The van der Waals surface area contributed by atoms with E-state index in [0.29, 0.717) is 12.4 Å². The first kappa shape index (κ1) is 16.4. The molecule has 2 atom stereocenters. The van der Waals surface area contributed by atoms with Crippen molar-refractivity contribution in [1.29, 1.82) is 0 Å². The number of nitrogens with zero attached hydrogens (tertiary/aromatic N) is 3. The molecule has 0 aliphatic heterocycles. The number of urea groups is 1. The van der Waals surface area contributed by atoms with E-state index < -0.39 is 0 Å². The average molecular weight is 326 g/mol. The third-order valence-corrected chi connectivity index (χ3v) is 4.44. The van der Waals surface area contributed by atoms with E-state index in [2.05, 4.69) is 15.5 Å². The van der Waals surface area contributed by atoms with E-state index >= 15 is 0 Å². The molecular formula is C18H22N4O2. The molecule has 6 heteroatoms. The Bertz CT molecular complexity index is 675. The van der Waals surface area contributed by atoms with Crippen LogP contribution in [0.15, 0.2) is 42.5 Å². The van der Waals surface area contributed by atoms with E-state index in [4.69, 9.17) is 0 Å². The highest BCUT2D eigenvalue weighted by Gasteiger charge is 2.27. The second-order valence-electron chi connectivity index (χ2n) is 6.24. The van der Waals surface area contributed by atoms with Crippen molar-refractivity contribution in [2.45, 2.75) is 25.4 Å². The molecule has 6 nitrogen and oxygen atoms in total. The number of rotatable bonds is 4. The van der Waals surface area contributed by atoms with Gasteiger partial charge in [0, 0.05) is 25.1 Å². The van der Waals surface area contributed by atoms with Gasteiger partial charge in [-0.1, -0.05) is 36.8 Å². The number of aliphatic hydroxyl groups is 1. The molecule has 126 valence electrons. The second-order valence-corrected chi connectivity index (χ2v) is 6.24. The molecule has 1 aromatic heterocycles. The predicted molar refractivity (Wildman–Crippen MR) is 92.5 cm³/mol. The van der Waals surface area contributed by atoms with E-state index in [1.54, 1.807) is 18.0 Å². The minimum atomic E-state index is -0.301. The fraction of sp³-hybridized carbons (Fsp3) is 0.389. The topological polar surface area (TPSA) is 78.4 Å². The fourth-order valence-corrected chi connectivity index (χ4v) is 3.03. The Balaban J connectivity index is 1.58. The van der Waals surface area contributed by atoms with Crippen LogP contribution in [0.4, 0.5) is 10.6 Å². The number of anilines is 1. The highest BCUT2D eigenvalue weighted by Crippen LogP contribution is 2.26. The summed E-state index contributed by atoms with van der Waals surface area (Å²) in [6.45, 7) is 0.544. The van der Waals surface area contributed by atoms with Gasteiger partial charge in [-0.25, -0.2) is 4.79 Å². The number of hydrogen-bond acceptors (Lipinski definition) is 4. The average Bonchev–Trinajstić information content (AvgIpc) is 3.01. The third-order valence-electron chi connectivity index (χ3n) is 4.44. The van der Waals surface area contributed by atoms with Crippen LogP contribution in [0.5, 0.6) is 0 Å². The SMILES string of the molecule is CN(CC1CCCC1O)C(=O)Nc1ccc(-c2ccccc2)nn1. The summed E-state index contributed by atoms with van der Waals surface area (Å²) in [4.78, 5) is 13.8. The van der Waals surface area contributed by atoms with Crippen molar-refractivity contribution in [1.82, 2.24) is 15.1 Å². The molecule has 2 aromatic rings. The van der Waals surface area contributed by atoms with Gasteiger partial charge in [0.1, 0.15) is 0 Å². The van der Waals surface area contributed by atoms with Crippen LogP contribution >= 0.6 is 0 Å². The van der Waals surface area contributed by atoms with Crippen molar-refractivity contribution in [3.63, 3.8) is 0 Å². The Morgan fingerprint density at radius 3 is 2.62 bits per heavy atom. The summed E-state index contributed by atoms with van der Waals surface area (Å²) in [5, 5.41) is 20.8. The standard InChI is InChI=1S/C18H22N4O2/c1-22(12-14-8-5-9-16(14)23)18(24)19-17-11-10-15(20-21-17)13-6-3-2-4-7-13/h2-4,6-7,10-11,14,16,23H,5,8-9,12H2,1H3,(H,19,21,24). The van der Waals surface area contributed by atoms with Gasteiger partial charge in [0.2, 0.25) is 0 Å². The van der Waals surface area contributed by atoms with Gasteiger partial charge in [0.05, 0.1) is 11.8 Å². The van der Waals surface area contributed by atoms with E-state index in [0.717, 1.165) is 30.5 Å². The molecule has 3 rings (SSSR count). The molecule has 24 heavy (non-hydrogen) atoms. The summed E-state index contributed by atoms with van der Waals surface area (Å²) in [6.07, 6.45) is 2.51. The number of aliphatic hydroxyl groups excluding tert-OH is 1. The summed E-state index contributed by atoms with van der Waals surface area (Å²) >= 11 is 0. The van der Waals surface area contributed by atoms with E-state index in [1.807, 2.05) is 36.4 Å². The molecule has 1 aromatic carbocycles. The molecule has 0 spiro atoms. The third kappa shape index (κ3) is 3.89. The lowest BCUT2D eigenvalue weighted by molar-refractivity contribution is 0.116. The Labute approximate surface area is 141 Å². The van der Waals surface area contributed by atoms with Crippen LogP contribution in [0, 0.1) is 5.92 Å². The number of benzene rings is 1. The molecule has 0 saturated heterocycles. The quantitative estimate of drug-likeness (QED) is 0.905. The summed E-state index contributed by atoms with van der Waals surface area (Å²) in [6, 6.07) is 13.1. The summed E-state index contributed by atoms with van der Waals surface area (Å²) in [5.41, 5.74) is 1.74. The first-order valence-electron chi connectivity index (χ1n) is 8.23. The van der Waals surface area contributed by atoms with E-state index in [-0.39, 0.29) is 18.1 Å². The van der Waals surface area contributed by atoms with Gasteiger partial charge in [0.25, 0.3) is 0 Å². The monoisotopic (exact) mass is 326 g/mol. The number of amides is 2. The Kier molecular flexibility index (Phi) is 5.05. The lowest BCUT2D eigenvalue weighted by Crippen LogP contribution is -2.37. The van der Waals surface area contributed by atoms with Crippen LogP contribution < -0.4 is 5.32 Å². The minimum Gasteiger partial charge on any atom is -0.393 e. The minimum absolute atomic E-state index is 0.160. The molecule has 0 radical (unpaired) electrons. The van der Waals surface area contributed by atoms with Gasteiger partial charge in [-0.3, -0.25) is 5.32 Å². The van der Waals surface area contributed by atoms with Crippen molar-refractivity contribution in [2.75, 3.05) is 18.9 Å². The first-order valence-corrected chi connectivity index (χ1v) is 8.23. The summed E-state index contributed by atoms with van der Waals surface area (Å²) in [7, 11) is 1.73. The van der Waals surface area contributed by atoms with Gasteiger partial charge < -0.3 is 10.0 Å². The van der Waals surface area contributed by atoms with E-state index in [9.17, 15) is 9.90 Å². The maximum absolute atomic E-state index is 12.2. The first-order chi connectivity index (χ1) is 11.6. The van der Waals surface area contributed by atoms with Gasteiger partial charge in [-0.05, 0) is 25.0 Å². The van der Waals surface area contributed by atoms with Crippen molar-refractivity contribution in [2.24, 2.45) is 5.92 Å². The predicted octanol–water partition coefficient (Wildman–Crippen LogP) is 2.77. The maximum Gasteiger partial charge on any atom is 0.322 e. The maximum atomic E-state index is 12.2. The molecule has 1 aliphatic carbocycles. The normalized spacial score (nSPS) is 19.9. The number of nitrogens with one attached hydrogen (secondary N) is 1. The van der Waals surface area contributed by atoms with Crippen molar-refractivity contribution in [3.8, 4) is 11.3 Å². The number of carbonyl (C=O) groups excluding carboxylic acids is 1. The Hall–Kier alpha value is -2.47. The van der Waals surface area contributed by atoms with Gasteiger partial charge >= 0.3 is 6.03 Å². The van der Waals surface area contributed by atoms with Crippen molar-refractivity contribution in [3.05, 3.63) is 42.5 Å². The molecule has 0 bridgehead atoms. The van der Waals surface area contributed by atoms with Crippen molar-refractivity contribution >= 4 is 11.8 Å². The molecule has 2 unspecified atom stereocenters. The van der Waals surface area contributed by atoms with Crippen molar-refractivity contribution < 1.29 is 9.90 Å². The second kappa shape index (κ2) is 7.40. The largest absolute Gasteiger partial charge is 0.393 e. The molecule has 1 fully saturated rings. The van der Waals surface area contributed by atoms with Crippen LogP contribution in [-0.2, 0) is 0 Å². The smallest absolute Gasteiger partial charge is 0.322 e. The zero-order chi connectivity index (χ0) is 16.9. The molecule has 1 aliphatic rings. The molecule has 2 amide bonds. The highest BCUT2D eigenvalue weighted by atomic mass is 16.3. The number of aromatic nitrogens is 2. The Morgan fingerprint density at radius 1 is 1.21 bits per heavy atom. The molecular weight excluding hydrogens is 304 g/mol. The molecule has 1 heterocycles. The van der Waals surface area contributed by atoms with Crippen LogP contribution in [0.2, 0.25) is 0 Å². The van der Waals surface area contributed by atoms with E-state index in [1.165, 1.54) is 0 Å².